The summed E-state index contributed by atoms with van der Waals surface area (Å²) in [4.78, 5) is 21.0. The first-order chi connectivity index (χ1) is 5.99. The van der Waals surface area contributed by atoms with Crippen molar-refractivity contribution in [1.82, 2.24) is 0 Å². The average Bonchev–Trinajstić information content (AvgIpc) is 2.04. The van der Waals surface area contributed by atoms with Crippen molar-refractivity contribution in [2.45, 2.75) is 32.4 Å². The number of rotatable bonds is 5. The molecule has 0 bridgehead atoms. The van der Waals surface area contributed by atoms with Gasteiger partial charge in [-0.25, -0.2) is 4.79 Å². The molecule has 0 saturated heterocycles. The summed E-state index contributed by atoms with van der Waals surface area (Å²) in [5.41, 5.74) is 11.2. The highest BCUT2D eigenvalue weighted by molar-refractivity contribution is 5.97. The lowest BCUT2D eigenvalue weighted by atomic mass is 9.95. The molecule has 0 aromatic rings. The lowest BCUT2D eigenvalue weighted by Gasteiger charge is -2.18. The summed E-state index contributed by atoms with van der Waals surface area (Å²) in [6, 6.07) is -0.352. The minimum atomic E-state index is -0.262. The van der Waals surface area contributed by atoms with Gasteiger partial charge in [0.05, 0.1) is 6.08 Å². The predicted molar refractivity (Wildman–Crippen MR) is 50.7 cm³/mol. The van der Waals surface area contributed by atoms with Gasteiger partial charge in [0.1, 0.15) is 5.94 Å². The number of allylic oxidation sites excluding steroid dienone is 1. The number of hydrogen-bond acceptors (Lipinski definition) is 4. The third kappa shape index (κ3) is 4.58. The number of hydrogen-bond donors (Lipinski definition) is 2. The molecule has 3 atom stereocenters. The van der Waals surface area contributed by atoms with Crippen molar-refractivity contribution < 1.29 is 9.59 Å². The van der Waals surface area contributed by atoms with E-state index in [-0.39, 0.29) is 23.8 Å². The second kappa shape index (κ2) is 5.65. The third-order valence-corrected chi connectivity index (χ3v) is 1.99. The van der Waals surface area contributed by atoms with Crippen LogP contribution < -0.4 is 11.5 Å². The molecule has 4 nitrogen and oxygen atoms in total. The lowest BCUT2D eigenvalue weighted by molar-refractivity contribution is -0.117. The van der Waals surface area contributed by atoms with Crippen molar-refractivity contribution in [3.05, 3.63) is 6.08 Å². The molecule has 3 unspecified atom stereocenters. The summed E-state index contributed by atoms with van der Waals surface area (Å²) >= 11 is 0. The first-order valence-electron chi connectivity index (χ1n) is 4.25. The maximum atomic E-state index is 11.1. The van der Waals surface area contributed by atoms with Crippen LogP contribution in [-0.2, 0) is 9.59 Å². The van der Waals surface area contributed by atoms with Gasteiger partial charge in [-0.3, -0.25) is 4.79 Å². The van der Waals surface area contributed by atoms with Crippen LogP contribution in [0.25, 0.3) is 0 Å². The fourth-order valence-corrected chi connectivity index (χ4v) is 0.939. The second-order valence-electron chi connectivity index (χ2n) is 3.32. The van der Waals surface area contributed by atoms with E-state index in [2.05, 4.69) is 0 Å². The predicted octanol–water partition coefficient (Wildman–Crippen LogP) is -0.356. The van der Waals surface area contributed by atoms with Gasteiger partial charge in [-0.05, 0) is 13.3 Å². The number of carbonyl (C=O) groups excluding carboxylic acids is 2. The second-order valence-corrected chi connectivity index (χ2v) is 3.32. The molecule has 0 rings (SSSR count). The van der Waals surface area contributed by atoms with Gasteiger partial charge in [0.2, 0.25) is 0 Å². The zero-order chi connectivity index (χ0) is 10.4. The molecule has 0 aromatic heterocycles. The molecule has 0 radical (unpaired) electrons. The minimum Gasteiger partial charge on any atom is -0.327 e. The summed E-state index contributed by atoms with van der Waals surface area (Å²) < 4.78 is 0. The Morgan fingerprint density at radius 2 is 2.00 bits per heavy atom. The minimum absolute atomic E-state index is 0.143. The molecular formula is C9H16N2O2. The summed E-state index contributed by atoms with van der Waals surface area (Å²) in [5, 5.41) is 0. The van der Waals surface area contributed by atoms with Gasteiger partial charge in [-0.15, -0.1) is 0 Å². The van der Waals surface area contributed by atoms with E-state index in [9.17, 15) is 9.59 Å². The highest BCUT2D eigenvalue weighted by Gasteiger charge is 2.16. The molecule has 74 valence electrons. The average molecular weight is 184 g/mol. The molecule has 0 fully saturated rings. The van der Waals surface area contributed by atoms with Crippen LogP contribution in [0.3, 0.4) is 0 Å². The van der Waals surface area contributed by atoms with E-state index in [1.54, 1.807) is 13.8 Å². The molecule has 13 heavy (non-hydrogen) atoms. The van der Waals surface area contributed by atoms with E-state index in [1.807, 2.05) is 0 Å². The fourth-order valence-electron chi connectivity index (χ4n) is 0.939. The van der Waals surface area contributed by atoms with Crippen LogP contribution in [0.15, 0.2) is 6.08 Å². The monoisotopic (exact) mass is 184 g/mol. The number of ketones is 1. The topological polar surface area (TPSA) is 86.2 Å². The van der Waals surface area contributed by atoms with E-state index < -0.39 is 0 Å². The van der Waals surface area contributed by atoms with Crippen molar-refractivity contribution in [3.8, 4) is 0 Å². The molecule has 0 aliphatic rings. The molecule has 4 heteroatoms. The van der Waals surface area contributed by atoms with Crippen molar-refractivity contribution in [1.29, 1.82) is 0 Å². The van der Waals surface area contributed by atoms with Gasteiger partial charge in [0.25, 0.3) is 0 Å². The molecule has 0 amide bonds. The standard InChI is InChI=1S/C9H16N2O2/c1-6(9(13)3-4-12)5-8(11)7(2)10/h3,6-8H,5,10-11H2,1-2H3. The van der Waals surface area contributed by atoms with Gasteiger partial charge < -0.3 is 11.5 Å². The van der Waals surface area contributed by atoms with Crippen molar-refractivity contribution in [3.63, 3.8) is 0 Å². The molecule has 0 aliphatic heterocycles. The van der Waals surface area contributed by atoms with Crippen LogP contribution in [0.1, 0.15) is 20.3 Å². The molecule has 4 N–H and O–H groups in total. The van der Waals surface area contributed by atoms with Crippen LogP contribution in [0.4, 0.5) is 0 Å². The van der Waals surface area contributed by atoms with Crippen LogP contribution in [0.2, 0.25) is 0 Å². The Bertz CT molecular complexity index is 220. The maximum Gasteiger partial charge on any atom is 0.169 e. The maximum absolute atomic E-state index is 11.1. The van der Waals surface area contributed by atoms with Crippen LogP contribution in [0.5, 0.6) is 0 Å². The SMILES string of the molecule is CC(CC(N)C(C)N)C(=O)C=C=O. The zero-order valence-electron chi connectivity index (χ0n) is 7.99. The van der Waals surface area contributed by atoms with E-state index >= 15 is 0 Å². The summed E-state index contributed by atoms with van der Waals surface area (Å²) in [6.45, 7) is 3.51. The Morgan fingerprint density at radius 3 is 2.38 bits per heavy atom. The largest absolute Gasteiger partial charge is 0.327 e. The lowest BCUT2D eigenvalue weighted by Crippen LogP contribution is -2.40. The summed E-state index contributed by atoms with van der Waals surface area (Å²) in [7, 11) is 0. The van der Waals surface area contributed by atoms with E-state index in [0.29, 0.717) is 6.42 Å². The third-order valence-electron chi connectivity index (χ3n) is 1.99. The molecule has 0 heterocycles. The quantitative estimate of drug-likeness (QED) is 0.451. The molecule has 0 aliphatic carbocycles. The Kier molecular flexibility index (Phi) is 5.23. The van der Waals surface area contributed by atoms with Gasteiger partial charge in [0.15, 0.2) is 5.78 Å². The van der Waals surface area contributed by atoms with Gasteiger partial charge in [-0.2, -0.15) is 0 Å². The Balaban J connectivity index is 4.06. The normalized spacial score (nSPS) is 16.9. The highest BCUT2D eigenvalue weighted by atomic mass is 16.1. The van der Waals surface area contributed by atoms with Crippen LogP contribution >= 0.6 is 0 Å². The van der Waals surface area contributed by atoms with E-state index in [4.69, 9.17) is 11.5 Å². The van der Waals surface area contributed by atoms with Crippen molar-refractivity contribution >= 4 is 11.7 Å². The van der Waals surface area contributed by atoms with Gasteiger partial charge in [0, 0.05) is 18.0 Å². The Hall–Kier alpha value is -0.960. The highest BCUT2D eigenvalue weighted by Crippen LogP contribution is 2.07. The first kappa shape index (κ1) is 12.0. The Labute approximate surface area is 78.0 Å². The number of nitrogens with two attached hydrogens (primary N) is 2. The molecule has 0 aromatic carbocycles. The van der Waals surface area contributed by atoms with E-state index in [0.717, 1.165) is 6.08 Å². The smallest absolute Gasteiger partial charge is 0.169 e. The summed E-state index contributed by atoms with van der Waals surface area (Å²) in [6.07, 6.45) is 1.40. The molecular weight excluding hydrogens is 168 g/mol. The van der Waals surface area contributed by atoms with Crippen LogP contribution in [0, 0.1) is 5.92 Å². The Morgan fingerprint density at radius 1 is 1.46 bits per heavy atom. The van der Waals surface area contributed by atoms with E-state index in [1.165, 1.54) is 5.94 Å². The van der Waals surface area contributed by atoms with Gasteiger partial charge in [-0.1, -0.05) is 6.92 Å². The molecule has 0 saturated carbocycles. The van der Waals surface area contributed by atoms with Crippen LogP contribution in [-0.4, -0.2) is 23.8 Å². The summed E-state index contributed by atoms with van der Waals surface area (Å²) in [5.74, 6) is 0.948. The van der Waals surface area contributed by atoms with Crippen molar-refractivity contribution in [2.75, 3.05) is 0 Å². The number of carbonyl (C=O) groups is 1. The van der Waals surface area contributed by atoms with Gasteiger partial charge >= 0.3 is 0 Å². The molecule has 0 spiro atoms. The first-order valence-corrected chi connectivity index (χ1v) is 4.25. The zero-order valence-corrected chi connectivity index (χ0v) is 7.99. The van der Waals surface area contributed by atoms with Crippen molar-refractivity contribution in [2.24, 2.45) is 17.4 Å². The fraction of sp³-hybridized carbons (Fsp3) is 0.667.